The SMILES string of the molecule is O=C(NCC(O)Cc1ccccc1)c1cccnc1N1CCCCC1. The average molecular weight is 339 g/mol. The Morgan fingerprint density at radius 3 is 2.64 bits per heavy atom. The second kappa shape index (κ2) is 8.62. The molecule has 0 spiro atoms. The molecule has 1 aromatic heterocycles. The third-order valence-corrected chi connectivity index (χ3v) is 4.50. The highest BCUT2D eigenvalue weighted by Crippen LogP contribution is 2.21. The highest BCUT2D eigenvalue weighted by atomic mass is 16.3. The van der Waals surface area contributed by atoms with E-state index in [9.17, 15) is 9.90 Å². The van der Waals surface area contributed by atoms with Crippen LogP contribution >= 0.6 is 0 Å². The van der Waals surface area contributed by atoms with E-state index >= 15 is 0 Å². The zero-order valence-electron chi connectivity index (χ0n) is 14.4. The maximum Gasteiger partial charge on any atom is 0.255 e. The first-order chi connectivity index (χ1) is 12.2. The summed E-state index contributed by atoms with van der Waals surface area (Å²) in [6, 6.07) is 13.4. The minimum atomic E-state index is -0.610. The van der Waals surface area contributed by atoms with E-state index in [1.54, 1.807) is 18.3 Å². The number of carbonyl (C=O) groups is 1. The van der Waals surface area contributed by atoms with Gasteiger partial charge < -0.3 is 15.3 Å². The standard InChI is InChI=1S/C20H25N3O2/c24-17(14-16-8-3-1-4-9-16)15-22-20(25)18-10-7-11-21-19(18)23-12-5-2-6-13-23/h1,3-4,7-11,17,24H,2,5-6,12-15H2,(H,22,25). The first-order valence-corrected chi connectivity index (χ1v) is 8.94. The summed E-state index contributed by atoms with van der Waals surface area (Å²) in [6.07, 6.45) is 5.14. The molecule has 1 atom stereocenters. The minimum absolute atomic E-state index is 0.180. The number of nitrogens with zero attached hydrogens (tertiary/aromatic N) is 2. The highest BCUT2D eigenvalue weighted by Gasteiger charge is 2.20. The molecule has 2 N–H and O–H groups in total. The molecule has 1 fully saturated rings. The van der Waals surface area contributed by atoms with E-state index in [0.717, 1.165) is 37.3 Å². The van der Waals surface area contributed by atoms with Crippen molar-refractivity contribution < 1.29 is 9.90 Å². The number of carbonyl (C=O) groups excluding carboxylic acids is 1. The Kier molecular flexibility index (Phi) is 6.01. The van der Waals surface area contributed by atoms with Gasteiger partial charge in [-0.15, -0.1) is 0 Å². The van der Waals surface area contributed by atoms with Gasteiger partial charge in [-0.2, -0.15) is 0 Å². The molecule has 0 saturated carbocycles. The van der Waals surface area contributed by atoms with Crippen LogP contribution < -0.4 is 10.2 Å². The molecule has 1 aliphatic rings. The van der Waals surface area contributed by atoms with Crippen molar-refractivity contribution in [1.82, 2.24) is 10.3 Å². The van der Waals surface area contributed by atoms with E-state index in [2.05, 4.69) is 15.2 Å². The lowest BCUT2D eigenvalue weighted by Gasteiger charge is -2.29. The number of anilines is 1. The van der Waals surface area contributed by atoms with Crippen molar-refractivity contribution in [1.29, 1.82) is 0 Å². The summed E-state index contributed by atoms with van der Waals surface area (Å²) in [5.74, 6) is 0.568. The molecule has 1 amide bonds. The first kappa shape index (κ1) is 17.4. The smallest absolute Gasteiger partial charge is 0.255 e. The maximum atomic E-state index is 12.6. The zero-order chi connectivity index (χ0) is 17.5. The van der Waals surface area contributed by atoms with Gasteiger partial charge in [0.25, 0.3) is 5.91 Å². The lowest BCUT2D eigenvalue weighted by Crippen LogP contribution is -2.36. The third kappa shape index (κ3) is 4.79. The fraction of sp³-hybridized carbons (Fsp3) is 0.400. The molecule has 5 nitrogen and oxygen atoms in total. The van der Waals surface area contributed by atoms with Crippen LogP contribution in [0.2, 0.25) is 0 Å². The molecular weight excluding hydrogens is 314 g/mol. The fourth-order valence-corrected chi connectivity index (χ4v) is 3.20. The molecule has 1 aliphatic heterocycles. The van der Waals surface area contributed by atoms with Crippen molar-refractivity contribution in [3.05, 3.63) is 59.8 Å². The number of pyridine rings is 1. The van der Waals surface area contributed by atoms with Crippen LogP contribution in [0.5, 0.6) is 0 Å². The number of nitrogens with one attached hydrogen (secondary N) is 1. The molecule has 0 radical (unpaired) electrons. The maximum absolute atomic E-state index is 12.6. The molecule has 1 saturated heterocycles. The number of aliphatic hydroxyl groups is 1. The molecule has 3 rings (SSSR count). The van der Waals surface area contributed by atoms with Gasteiger partial charge in [0.2, 0.25) is 0 Å². The lowest BCUT2D eigenvalue weighted by atomic mass is 10.1. The number of rotatable bonds is 6. The molecule has 2 heterocycles. The van der Waals surface area contributed by atoms with Gasteiger partial charge in [0, 0.05) is 32.3 Å². The Bertz CT molecular complexity index is 684. The Hall–Kier alpha value is -2.40. The number of hydrogen-bond donors (Lipinski definition) is 2. The number of piperidine rings is 1. The van der Waals surface area contributed by atoms with Crippen LogP contribution in [0.15, 0.2) is 48.7 Å². The highest BCUT2D eigenvalue weighted by molar-refractivity contribution is 5.98. The van der Waals surface area contributed by atoms with E-state index < -0.39 is 6.10 Å². The molecule has 5 heteroatoms. The number of amides is 1. The van der Waals surface area contributed by atoms with Gasteiger partial charge >= 0.3 is 0 Å². The van der Waals surface area contributed by atoms with Crippen LogP contribution in [-0.2, 0) is 6.42 Å². The van der Waals surface area contributed by atoms with Crippen molar-refractivity contribution in [2.24, 2.45) is 0 Å². The summed E-state index contributed by atoms with van der Waals surface area (Å²) in [5.41, 5.74) is 1.64. The zero-order valence-corrected chi connectivity index (χ0v) is 14.4. The molecular formula is C20H25N3O2. The Labute approximate surface area is 148 Å². The third-order valence-electron chi connectivity index (χ3n) is 4.50. The Morgan fingerprint density at radius 2 is 1.88 bits per heavy atom. The molecule has 1 unspecified atom stereocenters. The van der Waals surface area contributed by atoms with Crippen LogP contribution in [0, 0.1) is 0 Å². The van der Waals surface area contributed by atoms with Crippen LogP contribution in [-0.4, -0.2) is 41.7 Å². The van der Waals surface area contributed by atoms with Crippen molar-refractivity contribution in [3.63, 3.8) is 0 Å². The largest absolute Gasteiger partial charge is 0.391 e. The lowest BCUT2D eigenvalue weighted by molar-refractivity contribution is 0.0916. The summed E-state index contributed by atoms with van der Waals surface area (Å²) in [6.45, 7) is 2.10. The van der Waals surface area contributed by atoms with Crippen LogP contribution in [0.1, 0.15) is 35.2 Å². The van der Waals surface area contributed by atoms with Crippen molar-refractivity contribution in [2.75, 3.05) is 24.5 Å². The van der Waals surface area contributed by atoms with E-state index in [-0.39, 0.29) is 12.5 Å². The van der Waals surface area contributed by atoms with Crippen LogP contribution in [0.4, 0.5) is 5.82 Å². The number of aliphatic hydroxyl groups excluding tert-OH is 1. The summed E-state index contributed by atoms with van der Waals surface area (Å²) in [5, 5.41) is 13.0. The van der Waals surface area contributed by atoms with Crippen LogP contribution in [0.3, 0.4) is 0 Å². The number of aromatic nitrogens is 1. The second-order valence-electron chi connectivity index (χ2n) is 6.48. The average Bonchev–Trinajstić information content (AvgIpc) is 2.67. The fourth-order valence-electron chi connectivity index (χ4n) is 3.20. The van der Waals surface area contributed by atoms with Crippen molar-refractivity contribution in [2.45, 2.75) is 31.8 Å². The van der Waals surface area contributed by atoms with Gasteiger partial charge in [-0.3, -0.25) is 4.79 Å². The molecule has 1 aromatic carbocycles. The van der Waals surface area contributed by atoms with Gasteiger partial charge in [-0.05, 0) is 37.0 Å². The van der Waals surface area contributed by atoms with E-state index in [4.69, 9.17) is 0 Å². The van der Waals surface area contributed by atoms with Gasteiger partial charge in [-0.25, -0.2) is 4.98 Å². The predicted molar refractivity (Wildman–Crippen MR) is 98.8 cm³/mol. The predicted octanol–water partition coefficient (Wildman–Crippen LogP) is 2.41. The molecule has 0 bridgehead atoms. The normalized spacial score (nSPS) is 15.6. The van der Waals surface area contributed by atoms with E-state index in [0.29, 0.717) is 12.0 Å². The summed E-state index contributed by atoms with van der Waals surface area (Å²) in [7, 11) is 0. The number of hydrogen-bond acceptors (Lipinski definition) is 4. The molecule has 25 heavy (non-hydrogen) atoms. The minimum Gasteiger partial charge on any atom is -0.391 e. The molecule has 0 aliphatic carbocycles. The quantitative estimate of drug-likeness (QED) is 0.848. The summed E-state index contributed by atoms with van der Waals surface area (Å²) in [4.78, 5) is 19.2. The van der Waals surface area contributed by atoms with Gasteiger partial charge in [0.1, 0.15) is 5.82 Å². The van der Waals surface area contributed by atoms with Gasteiger partial charge in [-0.1, -0.05) is 30.3 Å². The Morgan fingerprint density at radius 1 is 1.12 bits per heavy atom. The first-order valence-electron chi connectivity index (χ1n) is 8.94. The summed E-state index contributed by atoms with van der Waals surface area (Å²) >= 11 is 0. The number of benzene rings is 1. The topological polar surface area (TPSA) is 65.5 Å². The Balaban J connectivity index is 1.59. The van der Waals surface area contributed by atoms with Crippen molar-refractivity contribution >= 4 is 11.7 Å². The van der Waals surface area contributed by atoms with Crippen LogP contribution in [0.25, 0.3) is 0 Å². The van der Waals surface area contributed by atoms with E-state index in [1.807, 2.05) is 30.3 Å². The summed E-state index contributed by atoms with van der Waals surface area (Å²) < 4.78 is 0. The monoisotopic (exact) mass is 339 g/mol. The van der Waals surface area contributed by atoms with Crippen molar-refractivity contribution in [3.8, 4) is 0 Å². The second-order valence-corrected chi connectivity index (χ2v) is 6.48. The van der Waals surface area contributed by atoms with Gasteiger partial charge in [0.05, 0.1) is 11.7 Å². The molecule has 2 aromatic rings. The van der Waals surface area contributed by atoms with E-state index in [1.165, 1.54) is 6.42 Å². The molecule has 132 valence electrons. The van der Waals surface area contributed by atoms with Gasteiger partial charge in [0.15, 0.2) is 0 Å².